The molecular weight excluding hydrogens is 354 g/mol. The monoisotopic (exact) mass is 373 g/mol. The van der Waals surface area contributed by atoms with Gasteiger partial charge >= 0.3 is 0 Å². The minimum atomic E-state index is -1.38. The van der Waals surface area contributed by atoms with Crippen LogP contribution >= 0.6 is 0 Å². The Bertz CT molecular complexity index is 938. The number of allylic oxidation sites excluding steroid dienone is 1. The molecule has 0 N–H and O–H groups in total. The molecule has 1 aliphatic carbocycles. The highest BCUT2D eigenvalue weighted by Gasteiger charge is 2.47. The van der Waals surface area contributed by atoms with Crippen LogP contribution in [0.4, 0.5) is 0 Å². The fourth-order valence-electron chi connectivity index (χ4n) is 3.28. The zero-order valence-corrected chi connectivity index (χ0v) is 15.6. The maximum atomic E-state index is 12.8. The molecule has 0 saturated heterocycles. The molecule has 8 nitrogen and oxygen atoms in total. The third-order valence-corrected chi connectivity index (χ3v) is 4.60. The molecular formula is C19H19NO7. The van der Waals surface area contributed by atoms with Crippen LogP contribution in [0.2, 0.25) is 0 Å². The average Bonchev–Trinajstić information content (AvgIpc) is 3.13. The summed E-state index contributed by atoms with van der Waals surface area (Å²) < 4.78 is 27.1. The van der Waals surface area contributed by atoms with Crippen molar-refractivity contribution in [3.63, 3.8) is 0 Å². The van der Waals surface area contributed by atoms with E-state index < -0.39 is 5.79 Å². The van der Waals surface area contributed by atoms with Gasteiger partial charge in [0.2, 0.25) is 5.76 Å². The number of aromatic nitrogens is 1. The van der Waals surface area contributed by atoms with E-state index in [4.69, 9.17) is 23.5 Å². The molecule has 2 aromatic rings. The van der Waals surface area contributed by atoms with Crippen molar-refractivity contribution < 1.29 is 33.1 Å². The molecule has 0 aliphatic heterocycles. The van der Waals surface area contributed by atoms with Gasteiger partial charge in [-0.25, -0.2) is 0 Å². The Balaban J connectivity index is 2.33. The predicted molar refractivity (Wildman–Crippen MR) is 94.2 cm³/mol. The van der Waals surface area contributed by atoms with E-state index in [2.05, 4.69) is 5.16 Å². The molecule has 0 saturated carbocycles. The largest absolute Gasteiger partial charge is 0.497 e. The number of nitrogens with zero attached hydrogens (tertiary/aromatic N) is 1. The van der Waals surface area contributed by atoms with Gasteiger partial charge < -0.3 is 23.5 Å². The molecule has 0 spiro atoms. The Morgan fingerprint density at radius 1 is 1.07 bits per heavy atom. The number of hydrogen-bond donors (Lipinski definition) is 0. The molecule has 3 rings (SSSR count). The van der Waals surface area contributed by atoms with Crippen LogP contribution in [-0.4, -0.2) is 45.7 Å². The van der Waals surface area contributed by atoms with Crippen molar-refractivity contribution in [1.82, 2.24) is 5.16 Å². The summed E-state index contributed by atoms with van der Waals surface area (Å²) in [5.41, 5.74) is 1.39. The van der Waals surface area contributed by atoms with Crippen molar-refractivity contribution >= 4 is 12.1 Å². The van der Waals surface area contributed by atoms with Crippen LogP contribution < -0.4 is 9.47 Å². The second-order valence-electron chi connectivity index (χ2n) is 5.86. The van der Waals surface area contributed by atoms with E-state index in [-0.39, 0.29) is 28.4 Å². The molecule has 0 amide bonds. The Labute approximate surface area is 155 Å². The van der Waals surface area contributed by atoms with Crippen LogP contribution in [0.1, 0.15) is 33.4 Å². The van der Waals surface area contributed by atoms with Gasteiger partial charge in [0, 0.05) is 25.8 Å². The van der Waals surface area contributed by atoms with Crippen LogP contribution in [0.3, 0.4) is 0 Å². The Morgan fingerprint density at radius 2 is 1.78 bits per heavy atom. The molecule has 0 unspecified atom stereocenters. The average molecular weight is 373 g/mol. The maximum Gasteiger partial charge on any atom is 0.255 e. The van der Waals surface area contributed by atoms with E-state index in [1.54, 1.807) is 13.0 Å². The molecule has 8 heteroatoms. The summed E-state index contributed by atoms with van der Waals surface area (Å²) in [6, 6.07) is 3.12. The number of hydrogen-bond acceptors (Lipinski definition) is 8. The van der Waals surface area contributed by atoms with Crippen LogP contribution in [0, 0.1) is 0 Å². The first-order chi connectivity index (χ1) is 13.0. The number of benzene rings is 1. The highest BCUT2D eigenvalue weighted by Crippen LogP contribution is 2.45. The fraction of sp³-hybridized carbons (Fsp3) is 0.316. The topological polar surface area (TPSA) is 97.1 Å². The maximum absolute atomic E-state index is 12.8. The summed E-state index contributed by atoms with van der Waals surface area (Å²) in [5.74, 6) is -0.858. The van der Waals surface area contributed by atoms with Gasteiger partial charge in [-0.15, -0.1) is 0 Å². The van der Waals surface area contributed by atoms with Crippen molar-refractivity contribution in [2.45, 2.75) is 12.7 Å². The number of carbonyl (C=O) groups is 2. The smallest absolute Gasteiger partial charge is 0.255 e. The van der Waals surface area contributed by atoms with E-state index in [1.165, 1.54) is 40.6 Å². The highest BCUT2D eigenvalue weighted by atomic mass is 16.7. The number of ether oxygens (including phenoxy) is 4. The molecule has 0 fully saturated rings. The van der Waals surface area contributed by atoms with E-state index in [0.717, 1.165) is 0 Å². The van der Waals surface area contributed by atoms with Gasteiger partial charge in [0.25, 0.3) is 5.79 Å². The van der Waals surface area contributed by atoms with Gasteiger partial charge in [0.1, 0.15) is 17.2 Å². The van der Waals surface area contributed by atoms with Crippen molar-refractivity contribution in [2.24, 2.45) is 0 Å². The number of methoxy groups -OCH3 is 4. The van der Waals surface area contributed by atoms with Crippen LogP contribution in [0.5, 0.6) is 11.5 Å². The molecule has 0 bridgehead atoms. The minimum absolute atomic E-state index is 0.113. The zero-order chi connectivity index (χ0) is 19.8. The molecule has 27 heavy (non-hydrogen) atoms. The standard InChI is InChI=1S/C19H19NO7/c1-10-6-13(22)16-17(20-27-18(16)19(10,25-4)26-5)15-11(9-21)7-12(23-2)8-14(15)24-3/h6-9H,1-5H3. The molecule has 142 valence electrons. The van der Waals surface area contributed by atoms with Crippen LogP contribution in [0.25, 0.3) is 11.3 Å². The molecule has 1 aromatic heterocycles. The molecule has 0 radical (unpaired) electrons. The van der Waals surface area contributed by atoms with E-state index in [9.17, 15) is 9.59 Å². The van der Waals surface area contributed by atoms with Gasteiger partial charge in [-0.2, -0.15) is 0 Å². The number of ketones is 1. The third kappa shape index (κ3) is 2.65. The third-order valence-electron chi connectivity index (χ3n) is 4.60. The summed E-state index contributed by atoms with van der Waals surface area (Å²) in [5, 5.41) is 4.05. The Morgan fingerprint density at radius 3 is 2.33 bits per heavy atom. The van der Waals surface area contributed by atoms with E-state index in [0.29, 0.717) is 28.9 Å². The highest BCUT2D eigenvalue weighted by molar-refractivity contribution is 6.12. The summed E-state index contributed by atoms with van der Waals surface area (Å²) >= 11 is 0. The van der Waals surface area contributed by atoms with Gasteiger partial charge in [-0.1, -0.05) is 5.16 Å². The molecule has 0 atom stereocenters. The zero-order valence-electron chi connectivity index (χ0n) is 15.6. The number of carbonyl (C=O) groups excluding carboxylic acids is 2. The number of rotatable bonds is 6. The first-order valence-corrected chi connectivity index (χ1v) is 8.02. The summed E-state index contributed by atoms with van der Waals surface area (Å²) in [6.07, 6.45) is 2.03. The van der Waals surface area contributed by atoms with Gasteiger partial charge in [0.05, 0.1) is 25.3 Å². The van der Waals surface area contributed by atoms with Crippen molar-refractivity contribution in [2.75, 3.05) is 28.4 Å². The molecule has 1 aliphatic rings. The summed E-state index contributed by atoms with van der Waals surface area (Å²) in [4.78, 5) is 24.4. The minimum Gasteiger partial charge on any atom is -0.497 e. The lowest BCUT2D eigenvalue weighted by molar-refractivity contribution is -0.200. The van der Waals surface area contributed by atoms with Crippen LogP contribution in [-0.2, 0) is 15.3 Å². The second-order valence-corrected chi connectivity index (χ2v) is 5.86. The Hall–Kier alpha value is -2.97. The number of aldehydes is 1. The first kappa shape index (κ1) is 18.8. The fourth-order valence-corrected chi connectivity index (χ4v) is 3.28. The van der Waals surface area contributed by atoms with Crippen molar-refractivity contribution in [3.05, 3.63) is 40.7 Å². The van der Waals surface area contributed by atoms with E-state index in [1.807, 2.05) is 0 Å². The SMILES string of the molecule is COc1cc(C=O)c(-c2noc3c2C(=O)C=C(C)C3(OC)OC)c(OC)c1. The lowest BCUT2D eigenvalue weighted by Crippen LogP contribution is -2.36. The predicted octanol–water partition coefficient (Wildman–Crippen LogP) is 2.76. The molecule has 1 heterocycles. The van der Waals surface area contributed by atoms with Crippen molar-refractivity contribution in [3.8, 4) is 22.8 Å². The quantitative estimate of drug-likeness (QED) is 0.563. The summed E-state index contributed by atoms with van der Waals surface area (Å²) in [7, 11) is 5.80. The normalized spacial score (nSPS) is 15.1. The van der Waals surface area contributed by atoms with E-state index >= 15 is 0 Å². The Kier molecular flexibility index (Phi) is 4.86. The van der Waals surface area contributed by atoms with Gasteiger partial charge in [-0.05, 0) is 24.6 Å². The first-order valence-electron chi connectivity index (χ1n) is 8.02. The van der Waals surface area contributed by atoms with Gasteiger partial charge in [-0.3, -0.25) is 9.59 Å². The van der Waals surface area contributed by atoms with Gasteiger partial charge in [0.15, 0.2) is 12.1 Å². The van der Waals surface area contributed by atoms with Crippen molar-refractivity contribution in [1.29, 1.82) is 0 Å². The van der Waals surface area contributed by atoms with Crippen LogP contribution in [0.15, 0.2) is 28.3 Å². The second kappa shape index (κ2) is 6.98. The number of fused-ring (bicyclic) bond motifs is 1. The lowest BCUT2D eigenvalue weighted by atomic mass is 9.88. The summed E-state index contributed by atoms with van der Waals surface area (Å²) in [6.45, 7) is 1.70. The lowest BCUT2D eigenvalue weighted by Gasteiger charge is -2.31. The molecule has 1 aromatic carbocycles.